The van der Waals surface area contributed by atoms with Gasteiger partial charge in [0.15, 0.2) is 12.1 Å². The molecule has 0 fully saturated rings. The Morgan fingerprint density at radius 1 is 1.40 bits per heavy atom. The van der Waals surface area contributed by atoms with Crippen LogP contribution in [0.25, 0.3) is 10.9 Å². The van der Waals surface area contributed by atoms with Gasteiger partial charge in [0.2, 0.25) is 0 Å². The van der Waals surface area contributed by atoms with Crippen molar-refractivity contribution in [1.29, 1.82) is 0 Å². The molecule has 1 aromatic heterocycles. The van der Waals surface area contributed by atoms with E-state index in [1.54, 1.807) is 12.3 Å². The molecule has 0 radical (unpaired) electrons. The van der Waals surface area contributed by atoms with Gasteiger partial charge in [-0.1, -0.05) is 12.1 Å². The van der Waals surface area contributed by atoms with Crippen molar-refractivity contribution >= 4 is 23.0 Å². The number of aromatic nitrogens is 1. The number of ketones is 1. The Morgan fingerprint density at radius 2 is 2.13 bits per heavy atom. The zero-order valence-electron chi connectivity index (χ0n) is 8.65. The molecular weight excluding hydrogens is 190 g/mol. The van der Waals surface area contributed by atoms with Gasteiger partial charge in [-0.3, -0.25) is 9.59 Å². The van der Waals surface area contributed by atoms with E-state index in [9.17, 15) is 9.59 Å². The molecule has 0 unspecified atom stereocenters. The van der Waals surface area contributed by atoms with Crippen molar-refractivity contribution in [2.75, 3.05) is 0 Å². The van der Waals surface area contributed by atoms with Gasteiger partial charge in [0, 0.05) is 35.3 Å². The second-order valence-corrected chi connectivity index (χ2v) is 3.60. The SMILES string of the molecule is CC(=O)c1ccc2c(C=O)cn(C)c2c1. The molecule has 15 heavy (non-hydrogen) atoms. The fourth-order valence-corrected chi connectivity index (χ4v) is 1.73. The number of carbonyl (C=O) groups is 2. The summed E-state index contributed by atoms with van der Waals surface area (Å²) in [5.41, 5.74) is 2.23. The number of carbonyl (C=O) groups excluding carboxylic acids is 2. The maximum atomic E-state index is 11.2. The molecule has 0 saturated carbocycles. The highest BCUT2D eigenvalue weighted by Gasteiger charge is 2.07. The van der Waals surface area contributed by atoms with Crippen LogP contribution in [0.2, 0.25) is 0 Å². The van der Waals surface area contributed by atoms with Crippen LogP contribution in [-0.2, 0) is 7.05 Å². The van der Waals surface area contributed by atoms with Crippen LogP contribution in [0.5, 0.6) is 0 Å². The fraction of sp³-hybridized carbons (Fsp3) is 0.167. The molecule has 0 saturated heterocycles. The minimum atomic E-state index is 0.0331. The van der Waals surface area contributed by atoms with Gasteiger partial charge in [0.1, 0.15) is 0 Å². The maximum Gasteiger partial charge on any atom is 0.159 e. The van der Waals surface area contributed by atoms with Crippen LogP contribution < -0.4 is 0 Å². The van der Waals surface area contributed by atoms with Crippen LogP contribution in [0.4, 0.5) is 0 Å². The molecule has 3 nitrogen and oxygen atoms in total. The molecule has 1 aromatic carbocycles. The van der Waals surface area contributed by atoms with Crippen LogP contribution in [0.3, 0.4) is 0 Å². The quantitative estimate of drug-likeness (QED) is 0.552. The van der Waals surface area contributed by atoms with Crippen molar-refractivity contribution in [3.63, 3.8) is 0 Å². The number of benzene rings is 1. The van der Waals surface area contributed by atoms with Gasteiger partial charge in [-0.15, -0.1) is 0 Å². The summed E-state index contributed by atoms with van der Waals surface area (Å²) < 4.78 is 1.85. The smallest absolute Gasteiger partial charge is 0.159 e. The molecule has 3 heteroatoms. The highest BCUT2D eigenvalue weighted by Crippen LogP contribution is 2.20. The molecule has 2 rings (SSSR count). The van der Waals surface area contributed by atoms with E-state index in [0.717, 1.165) is 17.2 Å². The van der Waals surface area contributed by atoms with E-state index in [-0.39, 0.29) is 5.78 Å². The molecule has 0 amide bonds. The van der Waals surface area contributed by atoms with Crippen LogP contribution >= 0.6 is 0 Å². The second-order valence-electron chi connectivity index (χ2n) is 3.60. The average molecular weight is 201 g/mol. The summed E-state index contributed by atoms with van der Waals surface area (Å²) in [5, 5.41) is 0.887. The van der Waals surface area contributed by atoms with Gasteiger partial charge in [0.05, 0.1) is 0 Å². The number of aldehydes is 1. The zero-order chi connectivity index (χ0) is 11.0. The first-order valence-electron chi connectivity index (χ1n) is 4.68. The van der Waals surface area contributed by atoms with Gasteiger partial charge >= 0.3 is 0 Å². The van der Waals surface area contributed by atoms with Crippen molar-refractivity contribution in [1.82, 2.24) is 4.57 Å². The Hall–Kier alpha value is -1.90. The summed E-state index contributed by atoms with van der Waals surface area (Å²) in [7, 11) is 1.86. The molecule has 0 aliphatic heterocycles. The summed E-state index contributed by atoms with van der Waals surface area (Å²) in [6, 6.07) is 5.37. The molecule has 1 heterocycles. The van der Waals surface area contributed by atoms with Gasteiger partial charge in [0.25, 0.3) is 0 Å². The number of hydrogen-bond acceptors (Lipinski definition) is 2. The third-order valence-corrected chi connectivity index (χ3v) is 2.55. The molecule has 2 aromatic rings. The highest BCUT2D eigenvalue weighted by atomic mass is 16.1. The number of aryl methyl sites for hydroxylation is 1. The largest absolute Gasteiger partial charge is 0.350 e. The van der Waals surface area contributed by atoms with E-state index in [1.165, 1.54) is 6.92 Å². The van der Waals surface area contributed by atoms with Crippen LogP contribution in [0.1, 0.15) is 27.6 Å². The lowest BCUT2D eigenvalue weighted by Gasteiger charge is -1.98. The van der Waals surface area contributed by atoms with Crippen LogP contribution in [0, 0.1) is 0 Å². The molecule has 0 spiro atoms. The molecule has 0 bridgehead atoms. The minimum Gasteiger partial charge on any atom is -0.350 e. The predicted octanol–water partition coefficient (Wildman–Crippen LogP) is 2.19. The summed E-state index contributed by atoms with van der Waals surface area (Å²) in [5.74, 6) is 0.0331. The van der Waals surface area contributed by atoms with Crippen molar-refractivity contribution in [3.05, 3.63) is 35.5 Å². The van der Waals surface area contributed by atoms with Crippen LogP contribution in [0.15, 0.2) is 24.4 Å². The number of fused-ring (bicyclic) bond motifs is 1. The first-order chi connectivity index (χ1) is 7.13. The summed E-state index contributed by atoms with van der Waals surface area (Å²) in [6.45, 7) is 1.53. The van der Waals surface area contributed by atoms with E-state index in [1.807, 2.05) is 23.7 Å². The summed E-state index contributed by atoms with van der Waals surface area (Å²) in [6.07, 6.45) is 2.59. The van der Waals surface area contributed by atoms with Crippen molar-refractivity contribution in [2.24, 2.45) is 7.05 Å². The van der Waals surface area contributed by atoms with Crippen LogP contribution in [-0.4, -0.2) is 16.6 Å². The molecule has 0 aliphatic rings. The van der Waals surface area contributed by atoms with Crippen molar-refractivity contribution < 1.29 is 9.59 Å². The third-order valence-electron chi connectivity index (χ3n) is 2.55. The molecule has 76 valence electrons. The normalized spacial score (nSPS) is 10.5. The second kappa shape index (κ2) is 3.35. The Kier molecular flexibility index (Phi) is 2.15. The van der Waals surface area contributed by atoms with Gasteiger partial charge < -0.3 is 4.57 Å². The lowest BCUT2D eigenvalue weighted by molar-refractivity contribution is 0.101. The standard InChI is InChI=1S/C12H11NO2/c1-8(15)9-3-4-11-10(7-14)6-13(2)12(11)5-9/h3-7H,1-2H3. The number of rotatable bonds is 2. The van der Waals surface area contributed by atoms with Gasteiger partial charge in [-0.25, -0.2) is 0 Å². The Balaban J connectivity index is 2.77. The van der Waals surface area contributed by atoms with E-state index >= 15 is 0 Å². The Labute approximate surface area is 87.3 Å². The number of Topliss-reactive ketones (excluding diaryl/α,β-unsaturated/α-hetero) is 1. The third kappa shape index (κ3) is 1.46. The predicted molar refractivity (Wildman–Crippen MR) is 58.3 cm³/mol. The van der Waals surface area contributed by atoms with E-state index in [2.05, 4.69) is 0 Å². The first kappa shape index (κ1) is 9.65. The zero-order valence-corrected chi connectivity index (χ0v) is 8.65. The van der Waals surface area contributed by atoms with E-state index in [0.29, 0.717) is 11.1 Å². The van der Waals surface area contributed by atoms with Crippen molar-refractivity contribution in [2.45, 2.75) is 6.92 Å². The molecule has 0 N–H and O–H groups in total. The lowest BCUT2D eigenvalue weighted by Crippen LogP contribution is -1.92. The number of nitrogens with zero attached hydrogens (tertiary/aromatic N) is 1. The van der Waals surface area contributed by atoms with Gasteiger partial charge in [-0.05, 0) is 13.0 Å². The number of hydrogen-bond donors (Lipinski definition) is 0. The van der Waals surface area contributed by atoms with Gasteiger partial charge in [-0.2, -0.15) is 0 Å². The minimum absolute atomic E-state index is 0.0331. The summed E-state index contributed by atoms with van der Waals surface area (Å²) in [4.78, 5) is 22.0. The van der Waals surface area contributed by atoms with E-state index < -0.39 is 0 Å². The average Bonchev–Trinajstić information content (AvgIpc) is 2.55. The molecular formula is C12H11NO2. The maximum absolute atomic E-state index is 11.2. The monoisotopic (exact) mass is 201 g/mol. The van der Waals surface area contributed by atoms with Crippen molar-refractivity contribution in [3.8, 4) is 0 Å². The van der Waals surface area contributed by atoms with E-state index in [4.69, 9.17) is 0 Å². The Bertz CT molecular complexity index is 552. The topological polar surface area (TPSA) is 39.1 Å². The lowest BCUT2D eigenvalue weighted by atomic mass is 10.1. The Morgan fingerprint density at radius 3 is 2.73 bits per heavy atom. The summed E-state index contributed by atoms with van der Waals surface area (Å²) >= 11 is 0. The molecule has 0 atom stereocenters. The molecule has 0 aliphatic carbocycles. The highest BCUT2D eigenvalue weighted by molar-refractivity contribution is 6.02. The first-order valence-corrected chi connectivity index (χ1v) is 4.68. The fourth-order valence-electron chi connectivity index (χ4n) is 1.73.